The minimum absolute atomic E-state index is 0.0116. The number of carbonyl (C=O) groups is 2. The zero-order valence-corrected chi connectivity index (χ0v) is 17.2. The van der Waals surface area contributed by atoms with Gasteiger partial charge in [-0.25, -0.2) is 4.98 Å². The lowest BCUT2D eigenvalue weighted by atomic mass is 10.0. The van der Waals surface area contributed by atoms with E-state index in [-0.39, 0.29) is 18.2 Å². The van der Waals surface area contributed by atoms with Gasteiger partial charge >= 0.3 is 0 Å². The number of hydrogen-bond donors (Lipinski definition) is 1. The number of amides is 2. The second-order valence-electron chi connectivity index (χ2n) is 7.08. The van der Waals surface area contributed by atoms with Crippen LogP contribution < -0.4 is 10.2 Å². The Morgan fingerprint density at radius 3 is 2.86 bits per heavy atom. The topological polar surface area (TPSA) is 75.2 Å². The largest absolute Gasteiger partial charge is 0.311 e. The summed E-state index contributed by atoms with van der Waals surface area (Å²) >= 11 is 1.36. The van der Waals surface area contributed by atoms with E-state index in [9.17, 15) is 9.59 Å². The second-order valence-corrected chi connectivity index (χ2v) is 7.94. The Bertz CT molecular complexity index is 1050. The second kappa shape index (κ2) is 8.13. The van der Waals surface area contributed by atoms with Gasteiger partial charge in [0.2, 0.25) is 11.8 Å². The molecule has 1 aliphatic rings. The summed E-state index contributed by atoms with van der Waals surface area (Å²) < 4.78 is 0. The maximum absolute atomic E-state index is 12.8. The number of aryl methyl sites for hydroxylation is 2. The molecule has 2 amide bonds. The molecule has 0 saturated carbocycles. The van der Waals surface area contributed by atoms with E-state index < -0.39 is 5.92 Å². The third-order valence-electron chi connectivity index (χ3n) is 5.13. The number of aromatic nitrogens is 2. The fourth-order valence-electron chi connectivity index (χ4n) is 3.66. The quantitative estimate of drug-likeness (QED) is 0.693. The van der Waals surface area contributed by atoms with Gasteiger partial charge in [-0.3, -0.25) is 14.6 Å². The van der Waals surface area contributed by atoms with Gasteiger partial charge in [0.25, 0.3) is 0 Å². The van der Waals surface area contributed by atoms with Crippen molar-refractivity contribution in [3.8, 4) is 11.4 Å². The van der Waals surface area contributed by atoms with Crippen molar-refractivity contribution in [2.45, 2.75) is 26.7 Å². The van der Waals surface area contributed by atoms with Crippen molar-refractivity contribution in [3.63, 3.8) is 0 Å². The predicted molar refractivity (Wildman–Crippen MR) is 115 cm³/mol. The van der Waals surface area contributed by atoms with Gasteiger partial charge in [0.15, 0.2) is 5.13 Å². The summed E-state index contributed by atoms with van der Waals surface area (Å²) in [6, 6.07) is 11.7. The van der Waals surface area contributed by atoms with Crippen LogP contribution in [0.5, 0.6) is 0 Å². The van der Waals surface area contributed by atoms with E-state index in [1.165, 1.54) is 11.3 Å². The fraction of sp³-hybridized carbons (Fsp3) is 0.273. The molecule has 3 heterocycles. The SMILES string of the molecule is CCc1cccc(C)c1N1CC(C(=O)Nc2nc(-c3ccccn3)cs2)CC1=O. The Balaban J connectivity index is 1.47. The molecule has 1 saturated heterocycles. The Kier molecular flexibility index (Phi) is 5.40. The maximum atomic E-state index is 12.8. The van der Waals surface area contributed by atoms with Crippen LogP contribution in [0.3, 0.4) is 0 Å². The van der Waals surface area contributed by atoms with Crippen molar-refractivity contribution in [3.05, 3.63) is 59.1 Å². The Morgan fingerprint density at radius 1 is 1.24 bits per heavy atom. The molecule has 1 atom stereocenters. The minimum Gasteiger partial charge on any atom is -0.311 e. The number of benzene rings is 1. The number of rotatable bonds is 5. The van der Waals surface area contributed by atoms with E-state index in [1.54, 1.807) is 11.1 Å². The average molecular weight is 407 g/mol. The van der Waals surface area contributed by atoms with Crippen LogP contribution in [0.4, 0.5) is 10.8 Å². The summed E-state index contributed by atoms with van der Waals surface area (Å²) in [6.07, 6.45) is 2.76. The van der Waals surface area contributed by atoms with E-state index in [4.69, 9.17) is 0 Å². The van der Waals surface area contributed by atoms with Crippen molar-refractivity contribution in [1.29, 1.82) is 0 Å². The van der Waals surface area contributed by atoms with Crippen LogP contribution in [0.1, 0.15) is 24.5 Å². The van der Waals surface area contributed by atoms with Crippen LogP contribution in [0.25, 0.3) is 11.4 Å². The average Bonchev–Trinajstić information content (AvgIpc) is 3.35. The number of pyridine rings is 1. The van der Waals surface area contributed by atoms with Crippen molar-refractivity contribution in [1.82, 2.24) is 9.97 Å². The van der Waals surface area contributed by atoms with Crippen molar-refractivity contribution in [2.24, 2.45) is 5.92 Å². The van der Waals surface area contributed by atoms with Gasteiger partial charge in [0.05, 0.1) is 11.6 Å². The number of hydrogen-bond acceptors (Lipinski definition) is 5. The van der Waals surface area contributed by atoms with Crippen LogP contribution in [-0.2, 0) is 16.0 Å². The molecule has 2 aromatic heterocycles. The molecule has 7 heteroatoms. The Labute approximate surface area is 173 Å². The van der Waals surface area contributed by atoms with Gasteiger partial charge in [-0.1, -0.05) is 31.2 Å². The zero-order chi connectivity index (χ0) is 20.4. The van der Waals surface area contributed by atoms with E-state index >= 15 is 0 Å². The first-order valence-corrected chi connectivity index (χ1v) is 10.5. The highest BCUT2D eigenvalue weighted by Gasteiger charge is 2.36. The van der Waals surface area contributed by atoms with Gasteiger partial charge in [-0.05, 0) is 36.6 Å². The normalized spacial score (nSPS) is 16.3. The highest BCUT2D eigenvalue weighted by atomic mass is 32.1. The third-order valence-corrected chi connectivity index (χ3v) is 5.89. The van der Waals surface area contributed by atoms with Crippen molar-refractivity contribution < 1.29 is 9.59 Å². The third kappa shape index (κ3) is 3.91. The van der Waals surface area contributed by atoms with Gasteiger partial charge < -0.3 is 10.2 Å². The number of nitrogens with zero attached hydrogens (tertiary/aromatic N) is 3. The minimum atomic E-state index is -0.394. The highest BCUT2D eigenvalue weighted by Crippen LogP contribution is 2.32. The summed E-state index contributed by atoms with van der Waals surface area (Å²) in [5.41, 5.74) is 4.61. The smallest absolute Gasteiger partial charge is 0.231 e. The van der Waals surface area contributed by atoms with Gasteiger partial charge in [0.1, 0.15) is 5.69 Å². The highest BCUT2D eigenvalue weighted by molar-refractivity contribution is 7.14. The molecule has 0 radical (unpaired) electrons. The van der Waals surface area contributed by atoms with E-state index in [0.29, 0.717) is 11.7 Å². The molecule has 148 valence electrons. The number of thiazole rings is 1. The summed E-state index contributed by atoms with van der Waals surface area (Å²) in [5, 5.41) is 5.26. The lowest BCUT2D eigenvalue weighted by Crippen LogP contribution is -2.29. The lowest BCUT2D eigenvalue weighted by molar-refractivity contribution is -0.122. The van der Waals surface area contributed by atoms with Crippen LogP contribution in [0.2, 0.25) is 0 Å². The van der Waals surface area contributed by atoms with E-state index in [0.717, 1.165) is 34.6 Å². The molecule has 6 nitrogen and oxygen atoms in total. The number of para-hydroxylation sites is 1. The van der Waals surface area contributed by atoms with Crippen LogP contribution in [0.15, 0.2) is 48.0 Å². The summed E-state index contributed by atoms with van der Waals surface area (Å²) in [4.78, 5) is 36.0. The molecule has 4 rings (SSSR count). The Hall–Kier alpha value is -3.06. The standard InChI is InChI=1S/C22H22N4O2S/c1-3-15-8-6-7-14(2)20(15)26-12-16(11-19(26)27)21(28)25-22-24-18(13-29-22)17-9-4-5-10-23-17/h4-10,13,16H,3,11-12H2,1-2H3,(H,24,25,28). The monoisotopic (exact) mass is 406 g/mol. The molecule has 0 aliphatic carbocycles. The van der Waals surface area contributed by atoms with E-state index in [1.807, 2.05) is 48.7 Å². The molecule has 1 unspecified atom stereocenters. The van der Waals surface area contributed by atoms with Crippen molar-refractivity contribution in [2.75, 3.05) is 16.8 Å². The molecule has 0 bridgehead atoms. The van der Waals surface area contributed by atoms with Gasteiger partial charge in [0, 0.05) is 30.2 Å². The molecule has 1 aliphatic heterocycles. The van der Waals surface area contributed by atoms with Gasteiger partial charge in [-0.2, -0.15) is 0 Å². The number of nitrogens with one attached hydrogen (secondary N) is 1. The van der Waals surface area contributed by atoms with E-state index in [2.05, 4.69) is 22.2 Å². The molecular formula is C22H22N4O2S. The summed E-state index contributed by atoms with van der Waals surface area (Å²) in [6.45, 7) is 4.47. The molecule has 1 aromatic carbocycles. The molecule has 29 heavy (non-hydrogen) atoms. The van der Waals surface area contributed by atoms with Crippen LogP contribution in [-0.4, -0.2) is 28.3 Å². The summed E-state index contributed by atoms with van der Waals surface area (Å²) in [5.74, 6) is -0.578. The first-order valence-electron chi connectivity index (χ1n) is 9.63. The molecule has 3 aromatic rings. The molecular weight excluding hydrogens is 384 g/mol. The van der Waals surface area contributed by atoms with Crippen molar-refractivity contribution >= 4 is 34.0 Å². The lowest BCUT2D eigenvalue weighted by Gasteiger charge is -2.22. The molecule has 0 spiro atoms. The maximum Gasteiger partial charge on any atom is 0.231 e. The fourth-order valence-corrected chi connectivity index (χ4v) is 4.37. The van der Waals surface area contributed by atoms with Crippen LogP contribution >= 0.6 is 11.3 Å². The van der Waals surface area contributed by atoms with Crippen LogP contribution in [0, 0.1) is 12.8 Å². The molecule has 1 N–H and O–H groups in total. The first kappa shape index (κ1) is 19.3. The number of anilines is 2. The van der Waals surface area contributed by atoms with Gasteiger partial charge in [-0.15, -0.1) is 11.3 Å². The number of carbonyl (C=O) groups excluding carboxylic acids is 2. The first-order chi connectivity index (χ1) is 14.1. The molecule has 1 fully saturated rings. The Morgan fingerprint density at radius 2 is 2.10 bits per heavy atom. The predicted octanol–water partition coefficient (Wildman–Crippen LogP) is 4.07. The summed E-state index contributed by atoms with van der Waals surface area (Å²) in [7, 11) is 0. The zero-order valence-electron chi connectivity index (χ0n) is 16.4.